The molecule has 0 aliphatic carbocycles. The summed E-state index contributed by atoms with van der Waals surface area (Å²) in [5, 5.41) is 2.84. The van der Waals surface area contributed by atoms with Crippen LogP contribution in [0.4, 0.5) is 4.39 Å². The van der Waals surface area contributed by atoms with Crippen molar-refractivity contribution in [2.45, 2.75) is 57.5 Å². The van der Waals surface area contributed by atoms with Gasteiger partial charge in [-0.1, -0.05) is 31.2 Å². The minimum atomic E-state index is -3.55. The van der Waals surface area contributed by atoms with Crippen molar-refractivity contribution >= 4 is 21.8 Å². The quantitative estimate of drug-likeness (QED) is 0.351. The molecule has 0 spiro atoms. The number of nitrogens with zero attached hydrogens (tertiary/aromatic N) is 1. The number of hydrogen-bond donors (Lipinski definition) is 2. The molecule has 8 nitrogen and oxygen atoms in total. The molecule has 1 atom stereocenters. The normalized spacial score (nSPS) is 12.2. The summed E-state index contributed by atoms with van der Waals surface area (Å²) < 4.78 is 45.3. The Morgan fingerprint density at radius 2 is 1.67 bits per heavy atom. The van der Waals surface area contributed by atoms with Gasteiger partial charge in [0.25, 0.3) is 0 Å². The van der Waals surface area contributed by atoms with Crippen LogP contribution in [0.25, 0.3) is 0 Å². The fraction of sp³-hybridized carbons (Fsp3) is 0.462. The monoisotopic (exact) mass is 521 g/mol. The maximum atomic E-state index is 13.4. The number of hydrogen-bond acceptors (Lipinski definition) is 5. The fourth-order valence-electron chi connectivity index (χ4n) is 3.55. The lowest BCUT2D eigenvalue weighted by Crippen LogP contribution is -2.48. The van der Waals surface area contributed by atoms with Gasteiger partial charge in [-0.15, -0.1) is 0 Å². The van der Waals surface area contributed by atoms with E-state index in [1.807, 2.05) is 6.92 Å². The van der Waals surface area contributed by atoms with Crippen molar-refractivity contribution in [2.24, 2.45) is 0 Å². The summed E-state index contributed by atoms with van der Waals surface area (Å²) in [4.78, 5) is 27.6. The first-order chi connectivity index (χ1) is 17.2. The third-order valence-electron chi connectivity index (χ3n) is 5.60. The van der Waals surface area contributed by atoms with E-state index in [2.05, 4.69) is 10.0 Å². The van der Waals surface area contributed by atoms with E-state index in [1.54, 1.807) is 38.1 Å². The van der Waals surface area contributed by atoms with Crippen molar-refractivity contribution in [3.63, 3.8) is 0 Å². The van der Waals surface area contributed by atoms with E-state index in [0.29, 0.717) is 44.7 Å². The lowest BCUT2D eigenvalue weighted by atomic mass is 10.1. The number of amides is 2. The second kappa shape index (κ2) is 14.7. The number of benzene rings is 2. The molecule has 36 heavy (non-hydrogen) atoms. The van der Waals surface area contributed by atoms with Crippen LogP contribution in [-0.2, 0) is 37.3 Å². The predicted molar refractivity (Wildman–Crippen MR) is 136 cm³/mol. The molecule has 10 heteroatoms. The van der Waals surface area contributed by atoms with Crippen LogP contribution in [0, 0.1) is 5.82 Å². The van der Waals surface area contributed by atoms with E-state index in [-0.39, 0.29) is 35.5 Å². The van der Waals surface area contributed by atoms with Crippen LogP contribution in [0.1, 0.15) is 44.7 Å². The van der Waals surface area contributed by atoms with Crippen LogP contribution in [0.5, 0.6) is 0 Å². The molecular formula is C26H36FN3O5S. The average molecular weight is 522 g/mol. The van der Waals surface area contributed by atoms with E-state index in [1.165, 1.54) is 29.2 Å². The topological polar surface area (TPSA) is 105 Å². The Morgan fingerprint density at radius 3 is 2.28 bits per heavy atom. The Morgan fingerprint density at radius 1 is 1.03 bits per heavy atom. The summed E-state index contributed by atoms with van der Waals surface area (Å²) in [5.41, 5.74) is 1.51. The molecule has 0 unspecified atom stereocenters. The van der Waals surface area contributed by atoms with Crippen molar-refractivity contribution in [3.8, 4) is 0 Å². The zero-order valence-electron chi connectivity index (χ0n) is 21.1. The Bertz CT molecular complexity index is 1080. The number of carbonyl (C=O) groups is 2. The largest absolute Gasteiger partial charge is 0.382 e. The lowest BCUT2D eigenvalue weighted by Gasteiger charge is -2.29. The third kappa shape index (κ3) is 9.33. The van der Waals surface area contributed by atoms with Crippen LogP contribution in [0.3, 0.4) is 0 Å². The Kier molecular flexibility index (Phi) is 12.0. The molecule has 0 radical (unpaired) electrons. The number of halogens is 1. The van der Waals surface area contributed by atoms with Crippen LogP contribution in [0.15, 0.2) is 53.4 Å². The molecule has 0 bridgehead atoms. The molecule has 2 aromatic carbocycles. The van der Waals surface area contributed by atoms with E-state index in [9.17, 15) is 22.4 Å². The minimum absolute atomic E-state index is 0.127. The van der Waals surface area contributed by atoms with Crippen molar-refractivity contribution in [1.82, 2.24) is 14.9 Å². The second-order valence-corrected chi connectivity index (χ2v) is 10.1. The predicted octanol–water partition coefficient (Wildman–Crippen LogP) is 3.02. The van der Waals surface area contributed by atoms with Crippen molar-refractivity contribution < 1.29 is 27.1 Å². The first-order valence-electron chi connectivity index (χ1n) is 12.2. The van der Waals surface area contributed by atoms with Gasteiger partial charge < -0.3 is 15.0 Å². The highest BCUT2D eigenvalue weighted by molar-refractivity contribution is 7.89. The number of nitrogens with one attached hydrogen (secondary N) is 2. The summed E-state index contributed by atoms with van der Waals surface area (Å²) in [7, 11) is -3.55. The highest BCUT2D eigenvalue weighted by atomic mass is 32.2. The van der Waals surface area contributed by atoms with Crippen LogP contribution in [-0.4, -0.2) is 57.5 Å². The highest BCUT2D eigenvalue weighted by Crippen LogP contribution is 2.15. The van der Waals surface area contributed by atoms with E-state index < -0.39 is 16.1 Å². The van der Waals surface area contributed by atoms with Crippen LogP contribution < -0.4 is 10.0 Å². The molecule has 0 saturated carbocycles. The maximum absolute atomic E-state index is 13.4. The minimum Gasteiger partial charge on any atom is -0.382 e. The molecule has 0 aliphatic rings. The van der Waals surface area contributed by atoms with E-state index >= 15 is 0 Å². The van der Waals surface area contributed by atoms with Gasteiger partial charge >= 0.3 is 0 Å². The summed E-state index contributed by atoms with van der Waals surface area (Å²) >= 11 is 0. The summed E-state index contributed by atoms with van der Waals surface area (Å²) in [6.07, 6.45) is 1.17. The Hall–Kier alpha value is -2.82. The molecule has 2 aromatic rings. The molecule has 0 heterocycles. The van der Waals surface area contributed by atoms with Gasteiger partial charge in [-0.25, -0.2) is 17.5 Å². The smallest absolute Gasteiger partial charge is 0.242 e. The first kappa shape index (κ1) is 29.4. The molecule has 0 saturated heterocycles. The van der Waals surface area contributed by atoms with Gasteiger partial charge in [0.05, 0.1) is 4.90 Å². The zero-order valence-corrected chi connectivity index (χ0v) is 21.9. The number of ether oxygens (including phenoxy) is 1. The van der Waals surface area contributed by atoms with E-state index in [0.717, 1.165) is 5.56 Å². The summed E-state index contributed by atoms with van der Waals surface area (Å²) in [6, 6.07) is 11.4. The number of carbonyl (C=O) groups excluding carboxylic acids is 2. The third-order valence-corrected chi connectivity index (χ3v) is 7.16. The number of sulfonamides is 1. The van der Waals surface area contributed by atoms with Crippen molar-refractivity contribution in [3.05, 3.63) is 65.5 Å². The highest BCUT2D eigenvalue weighted by Gasteiger charge is 2.26. The van der Waals surface area contributed by atoms with Crippen LogP contribution in [0.2, 0.25) is 0 Å². The molecule has 198 valence electrons. The molecule has 0 aliphatic heterocycles. The molecular weight excluding hydrogens is 485 g/mol. The summed E-state index contributed by atoms with van der Waals surface area (Å²) in [5.74, 6) is -0.892. The number of rotatable bonds is 15. The second-order valence-electron chi connectivity index (χ2n) is 8.31. The van der Waals surface area contributed by atoms with Crippen LogP contribution >= 0.6 is 0 Å². The Balaban J connectivity index is 2.07. The van der Waals surface area contributed by atoms with Gasteiger partial charge in [-0.05, 0) is 62.1 Å². The number of aryl methyl sites for hydroxylation is 1. The SMILES string of the molecule is CCNS(=O)(=O)c1ccc(CCC(=O)N(Cc2ccc(F)cc2)[C@H](C)C(=O)NCCCOCC)cc1. The van der Waals surface area contributed by atoms with Gasteiger partial charge in [0.2, 0.25) is 21.8 Å². The van der Waals surface area contributed by atoms with Crippen molar-refractivity contribution in [1.29, 1.82) is 0 Å². The lowest BCUT2D eigenvalue weighted by molar-refractivity contribution is -0.140. The van der Waals surface area contributed by atoms with Gasteiger partial charge in [0, 0.05) is 39.3 Å². The van der Waals surface area contributed by atoms with Gasteiger partial charge in [0.1, 0.15) is 11.9 Å². The van der Waals surface area contributed by atoms with Gasteiger partial charge in [0.15, 0.2) is 0 Å². The fourth-order valence-corrected chi connectivity index (χ4v) is 4.59. The van der Waals surface area contributed by atoms with E-state index in [4.69, 9.17) is 4.74 Å². The molecule has 2 N–H and O–H groups in total. The summed E-state index contributed by atoms with van der Waals surface area (Å²) in [6.45, 7) is 7.31. The van der Waals surface area contributed by atoms with Crippen molar-refractivity contribution in [2.75, 3.05) is 26.3 Å². The first-order valence-corrected chi connectivity index (χ1v) is 13.6. The maximum Gasteiger partial charge on any atom is 0.242 e. The molecule has 2 amide bonds. The Labute approximate surface area is 213 Å². The standard InChI is InChI=1S/C26H36FN3O5S/c1-4-29-36(33,34)24-14-9-21(10-15-24)11-16-25(31)30(19-22-7-12-23(27)13-8-22)20(3)26(32)28-17-6-18-35-5-2/h7-10,12-15,20,29H,4-6,11,16-19H2,1-3H3,(H,28,32)/t20-/m1/s1. The molecule has 0 aromatic heterocycles. The average Bonchev–Trinajstić information content (AvgIpc) is 2.86. The zero-order chi connectivity index (χ0) is 26.6. The van der Waals surface area contributed by atoms with Gasteiger partial charge in [-0.3, -0.25) is 9.59 Å². The molecule has 0 fully saturated rings. The molecule has 2 rings (SSSR count). The van der Waals surface area contributed by atoms with Gasteiger partial charge in [-0.2, -0.15) is 0 Å².